The number of nitrogens with zero attached hydrogens (tertiary/aromatic N) is 3. The van der Waals surface area contributed by atoms with Crippen molar-refractivity contribution in [1.82, 2.24) is 9.55 Å². The van der Waals surface area contributed by atoms with Crippen molar-refractivity contribution in [2.75, 3.05) is 0 Å². The number of hydrogen-bond donors (Lipinski definition) is 1. The molecule has 0 amide bonds. The Bertz CT molecular complexity index is 382. The lowest BCUT2D eigenvalue weighted by Gasteiger charge is -2.18. The molecule has 14 heavy (non-hydrogen) atoms. The minimum Gasteiger partial charge on any atom is -0.480 e. The number of carboxylic acids is 1. The number of carboxylic acid groups (broad SMARTS) is 1. The minimum atomic E-state index is -1.23. The van der Waals surface area contributed by atoms with E-state index in [1.807, 2.05) is 0 Å². The summed E-state index contributed by atoms with van der Waals surface area (Å²) in [6, 6.07) is 0. The highest BCUT2D eigenvalue weighted by atomic mass is 16.6. The zero-order valence-corrected chi connectivity index (χ0v) is 7.67. The summed E-state index contributed by atoms with van der Waals surface area (Å²) in [4.78, 5) is 23.9. The summed E-state index contributed by atoms with van der Waals surface area (Å²) in [6.07, 6.45) is 2.22. The molecule has 7 heteroatoms. The lowest BCUT2D eigenvalue weighted by Crippen LogP contribution is -2.34. The Balaban J connectivity index is 3.09. The van der Waals surface area contributed by atoms with Crippen LogP contribution >= 0.6 is 0 Å². The fourth-order valence-electron chi connectivity index (χ4n) is 0.823. The number of nitro groups is 1. The molecule has 1 heterocycles. The fraction of sp³-hybridized carbons (Fsp3) is 0.429. The maximum Gasteiger partial charge on any atom is 0.381 e. The molecule has 0 aliphatic carbocycles. The molecule has 0 spiro atoms. The summed E-state index contributed by atoms with van der Waals surface area (Å²) in [6.45, 7) is 2.86. The molecule has 0 saturated heterocycles. The van der Waals surface area contributed by atoms with E-state index in [4.69, 9.17) is 5.11 Å². The lowest BCUT2D eigenvalue weighted by atomic mass is 10.1. The molecule has 1 N–H and O–H groups in total. The van der Waals surface area contributed by atoms with Gasteiger partial charge < -0.3 is 15.2 Å². The molecule has 0 unspecified atom stereocenters. The highest BCUT2D eigenvalue weighted by molar-refractivity contribution is 5.75. The number of rotatable bonds is 3. The summed E-state index contributed by atoms with van der Waals surface area (Å²) in [5, 5.41) is 19.1. The van der Waals surface area contributed by atoms with Gasteiger partial charge >= 0.3 is 11.8 Å². The smallest absolute Gasteiger partial charge is 0.381 e. The molecule has 76 valence electrons. The molecule has 1 aromatic heterocycles. The maximum absolute atomic E-state index is 10.8. The molecule has 1 aromatic rings. The van der Waals surface area contributed by atoms with Gasteiger partial charge in [0.2, 0.25) is 6.33 Å². The summed E-state index contributed by atoms with van der Waals surface area (Å²) < 4.78 is 1.19. The van der Waals surface area contributed by atoms with Crippen molar-refractivity contribution in [2.45, 2.75) is 19.4 Å². The van der Waals surface area contributed by atoms with E-state index in [2.05, 4.69) is 4.98 Å². The van der Waals surface area contributed by atoms with Gasteiger partial charge in [-0.15, -0.1) is 0 Å². The van der Waals surface area contributed by atoms with Crippen LogP contribution in [0.4, 0.5) is 5.82 Å². The van der Waals surface area contributed by atoms with Crippen molar-refractivity contribution >= 4 is 11.8 Å². The predicted octanol–water partition coefficient (Wildman–Crippen LogP) is 0.611. The molecular weight excluding hydrogens is 190 g/mol. The largest absolute Gasteiger partial charge is 0.480 e. The minimum absolute atomic E-state index is 0.362. The first-order chi connectivity index (χ1) is 6.35. The molecule has 0 fully saturated rings. The quantitative estimate of drug-likeness (QED) is 0.568. The monoisotopic (exact) mass is 199 g/mol. The van der Waals surface area contributed by atoms with Crippen LogP contribution in [0.15, 0.2) is 12.5 Å². The molecule has 0 radical (unpaired) electrons. The van der Waals surface area contributed by atoms with E-state index in [0.29, 0.717) is 0 Å². The van der Waals surface area contributed by atoms with Gasteiger partial charge in [0.15, 0.2) is 0 Å². The number of aliphatic carboxylic acids is 1. The Morgan fingerprint density at radius 1 is 1.71 bits per heavy atom. The SMILES string of the molecule is CC(C)(C(=O)O)n1cnc([N+](=O)[O-])c1. The Kier molecular flexibility index (Phi) is 2.24. The van der Waals surface area contributed by atoms with Crippen molar-refractivity contribution < 1.29 is 14.8 Å². The van der Waals surface area contributed by atoms with Crippen LogP contribution < -0.4 is 0 Å². The average molecular weight is 199 g/mol. The van der Waals surface area contributed by atoms with Gasteiger partial charge in [-0.2, -0.15) is 0 Å². The highest BCUT2D eigenvalue weighted by Gasteiger charge is 2.31. The maximum atomic E-state index is 10.8. The van der Waals surface area contributed by atoms with Gasteiger partial charge in [0.25, 0.3) is 0 Å². The third-order valence-electron chi connectivity index (χ3n) is 1.92. The summed E-state index contributed by atoms with van der Waals surface area (Å²) in [7, 11) is 0. The van der Waals surface area contributed by atoms with Crippen molar-refractivity contribution in [3.05, 3.63) is 22.6 Å². The van der Waals surface area contributed by atoms with Crippen molar-refractivity contribution in [3.63, 3.8) is 0 Å². The van der Waals surface area contributed by atoms with Gasteiger partial charge in [0.1, 0.15) is 11.7 Å². The van der Waals surface area contributed by atoms with Crippen LogP contribution in [-0.2, 0) is 10.3 Å². The number of carbonyl (C=O) groups is 1. The number of imidazole rings is 1. The topological polar surface area (TPSA) is 98.3 Å². The van der Waals surface area contributed by atoms with Gasteiger partial charge in [-0.3, -0.25) is 4.57 Å². The van der Waals surface area contributed by atoms with Gasteiger partial charge in [-0.1, -0.05) is 0 Å². The fourth-order valence-corrected chi connectivity index (χ4v) is 0.823. The van der Waals surface area contributed by atoms with Crippen LogP contribution in [0.5, 0.6) is 0 Å². The second-order valence-corrected chi connectivity index (χ2v) is 3.26. The number of aromatic nitrogens is 2. The first-order valence-electron chi connectivity index (χ1n) is 3.78. The highest BCUT2D eigenvalue weighted by Crippen LogP contribution is 2.18. The summed E-state index contributed by atoms with van der Waals surface area (Å²) >= 11 is 0. The molecule has 0 aliphatic heterocycles. The molecule has 7 nitrogen and oxygen atoms in total. The van der Waals surface area contributed by atoms with Gasteiger partial charge in [-0.05, 0) is 23.8 Å². The van der Waals surface area contributed by atoms with Crippen LogP contribution in [0, 0.1) is 10.1 Å². The van der Waals surface area contributed by atoms with Crippen LogP contribution in [0.25, 0.3) is 0 Å². The molecule has 0 atom stereocenters. The zero-order valence-electron chi connectivity index (χ0n) is 7.67. The second kappa shape index (κ2) is 3.09. The van der Waals surface area contributed by atoms with Crippen LogP contribution in [0.2, 0.25) is 0 Å². The van der Waals surface area contributed by atoms with Crippen molar-refractivity contribution in [1.29, 1.82) is 0 Å². The Hall–Kier alpha value is -1.92. The Labute approximate surface area is 79.1 Å². The molecule has 0 bridgehead atoms. The number of hydrogen-bond acceptors (Lipinski definition) is 4. The van der Waals surface area contributed by atoms with E-state index in [0.717, 1.165) is 12.5 Å². The molecule has 1 rings (SSSR count). The first-order valence-corrected chi connectivity index (χ1v) is 3.78. The summed E-state index contributed by atoms with van der Waals surface area (Å²) in [5.41, 5.74) is -1.23. The third-order valence-corrected chi connectivity index (χ3v) is 1.92. The van der Waals surface area contributed by atoms with E-state index in [9.17, 15) is 14.9 Å². The van der Waals surface area contributed by atoms with E-state index >= 15 is 0 Å². The van der Waals surface area contributed by atoms with Gasteiger partial charge in [-0.25, -0.2) is 4.79 Å². The summed E-state index contributed by atoms with van der Waals surface area (Å²) in [5.74, 6) is -1.44. The first kappa shape index (κ1) is 10.2. The molecular formula is C7H9N3O4. The van der Waals surface area contributed by atoms with Gasteiger partial charge in [0, 0.05) is 0 Å². The van der Waals surface area contributed by atoms with E-state index in [-0.39, 0.29) is 5.82 Å². The van der Waals surface area contributed by atoms with Crippen LogP contribution in [0.1, 0.15) is 13.8 Å². The van der Waals surface area contributed by atoms with Crippen LogP contribution in [-0.4, -0.2) is 25.6 Å². The molecule has 0 aliphatic rings. The average Bonchev–Trinajstić information content (AvgIpc) is 2.51. The molecule has 0 saturated carbocycles. The van der Waals surface area contributed by atoms with Gasteiger partial charge in [0.05, 0.1) is 0 Å². The standard InChI is InChI=1S/C7H9N3O4/c1-7(2,6(11)12)9-3-5(8-4-9)10(13)14/h3-4H,1-2H3,(H,11,12). The normalized spacial score (nSPS) is 11.3. The zero-order chi connectivity index (χ0) is 10.9. The van der Waals surface area contributed by atoms with E-state index in [1.54, 1.807) is 0 Å². The predicted molar refractivity (Wildman–Crippen MR) is 45.8 cm³/mol. The second-order valence-electron chi connectivity index (χ2n) is 3.26. The van der Waals surface area contributed by atoms with E-state index < -0.39 is 16.4 Å². The Morgan fingerprint density at radius 3 is 2.64 bits per heavy atom. The Morgan fingerprint density at radius 2 is 2.29 bits per heavy atom. The third kappa shape index (κ3) is 1.56. The van der Waals surface area contributed by atoms with Crippen molar-refractivity contribution in [2.24, 2.45) is 0 Å². The van der Waals surface area contributed by atoms with Crippen LogP contribution in [0.3, 0.4) is 0 Å². The van der Waals surface area contributed by atoms with E-state index in [1.165, 1.54) is 18.4 Å². The molecule has 0 aromatic carbocycles. The van der Waals surface area contributed by atoms with Crippen molar-refractivity contribution in [3.8, 4) is 0 Å². The lowest BCUT2D eigenvalue weighted by molar-refractivity contribution is -0.389.